The highest BCUT2D eigenvalue weighted by Gasteiger charge is 2.46. The van der Waals surface area contributed by atoms with Gasteiger partial charge in [-0.2, -0.15) is 5.26 Å². The average Bonchev–Trinajstić information content (AvgIpc) is 3.32. The topological polar surface area (TPSA) is 95.4 Å². The molecule has 3 aromatic rings. The molecule has 4 rings (SSSR count). The monoisotopic (exact) mass is 441 g/mol. The summed E-state index contributed by atoms with van der Waals surface area (Å²) in [5, 5.41) is 11.2. The Balaban J connectivity index is 1.69. The Labute approximate surface area is 191 Å². The van der Waals surface area contributed by atoms with Crippen LogP contribution in [0.2, 0.25) is 0 Å². The van der Waals surface area contributed by atoms with Crippen LogP contribution >= 0.6 is 11.3 Å². The number of nitriles is 1. The van der Waals surface area contributed by atoms with Gasteiger partial charge in [0.2, 0.25) is 5.91 Å². The molecule has 7 heteroatoms. The summed E-state index contributed by atoms with van der Waals surface area (Å²) in [5.41, 5.74) is 8.92. The normalized spacial score (nSPS) is 20.9. The number of thiophene rings is 1. The number of rotatable bonds is 5. The largest absolute Gasteiger partial charge is 0.369 e. The quantitative estimate of drug-likeness (QED) is 0.635. The minimum atomic E-state index is -0.786. The van der Waals surface area contributed by atoms with Gasteiger partial charge in [-0.15, -0.1) is 11.3 Å². The summed E-state index contributed by atoms with van der Waals surface area (Å²) in [4.78, 5) is 24.4. The zero-order valence-electron chi connectivity index (χ0n) is 17.9. The maximum atomic E-state index is 13.2. The molecule has 1 unspecified atom stereocenters. The van der Waals surface area contributed by atoms with E-state index >= 15 is 0 Å². The van der Waals surface area contributed by atoms with E-state index in [-0.39, 0.29) is 11.9 Å². The molecule has 0 spiro atoms. The first-order valence-electron chi connectivity index (χ1n) is 10.2. The molecule has 1 amide bonds. The summed E-state index contributed by atoms with van der Waals surface area (Å²) in [6.45, 7) is 1.97. The van der Waals surface area contributed by atoms with Crippen molar-refractivity contribution in [1.82, 2.24) is 9.88 Å². The van der Waals surface area contributed by atoms with Gasteiger partial charge >= 0.3 is 0 Å². The van der Waals surface area contributed by atoms with Crippen molar-refractivity contribution in [2.24, 2.45) is 16.6 Å². The number of guanidine groups is 1. The number of hydrogen-bond donors (Lipinski definition) is 1. The number of allylic oxidation sites excluding steroid dienone is 1. The fraction of sp³-hybridized carbons (Fsp3) is 0.200. The molecule has 2 N–H and O–H groups in total. The molecule has 1 aliphatic rings. The van der Waals surface area contributed by atoms with Crippen LogP contribution in [-0.2, 0) is 10.3 Å². The van der Waals surface area contributed by atoms with Crippen LogP contribution < -0.4 is 5.73 Å². The predicted molar refractivity (Wildman–Crippen MR) is 128 cm³/mol. The second kappa shape index (κ2) is 8.77. The van der Waals surface area contributed by atoms with E-state index in [0.717, 1.165) is 21.6 Å². The lowest BCUT2D eigenvalue weighted by Gasteiger charge is -2.39. The van der Waals surface area contributed by atoms with Crippen LogP contribution in [0.4, 0.5) is 0 Å². The van der Waals surface area contributed by atoms with Crippen molar-refractivity contribution in [3.8, 4) is 17.2 Å². The summed E-state index contributed by atoms with van der Waals surface area (Å²) in [6, 6.07) is 15.6. The Bertz CT molecular complexity index is 1240. The molecule has 6 nitrogen and oxygen atoms in total. The fourth-order valence-electron chi connectivity index (χ4n) is 3.87. The van der Waals surface area contributed by atoms with E-state index in [1.54, 1.807) is 36.8 Å². The van der Waals surface area contributed by atoms with Crippen molar-refractivity contribution in [2.75, 3.05) is 7.05 Å². The summed E-state index contributed by atoms with van der Waals surface area (Å²) >= 11 is 1.55. The van der Waals surface area contributed by atoms with Crippen molar-refractivity contribution in [1.29, 1.82) is 5.26 Å². The van der Waals surface area contributed by atoms with E-state index in [9.17, 15) is 10.1 Å². The van der Waals surface area contributed by atoms with Gasteiger partial charge in [0.1, 0.15) is 5.54 Å². The molecule has 32 heavy (non-hydrogen) atoms. The van der Waals surface area contributed by atoms with Crippen LogP contribution in [-0.4, -0.2) is 28.8 Å². The molecule has 3 heterocycles. The van der Waals surface area contributed by atoms with Crippen LogP contribution in [0.1, 0.15) is 29.3 Å². The molecule has 0 radical (unpaired) electrons. The molecule has 0 bridgehead atoms. The van der Waals surface area contributed by atoms with E-state index < -0.39 is 11.5 Å². The van der Waals surface area contributed by atoms with E-state index in [4.69, 9.17) is 10.7 Å². The first-order valence-corrected chi connectivity index (χ1v) is 11.1. The molecule has 0 saturated carbocycles. The Morgan fingerprint density at radius 1 is 1.25 bits per heavy atom. The first kappa shape index (κ1) is 21.5. The number of nitrogens with two attached hydrogens (primary N) is 1. The van der Waals surface area contributed by atoms with E-state index in [1.165, 1.54) is 4.90 Å². The molecule has 0 saturated heterocycles. The Morgan fingerprint density at radius 2 is 2.03 bits per heavy atom. The zero-order valence-corrected chi connectivity index (χ0v) is 18.7. The van der Waals surface area contributed by atoms with Crippen LogP contribution in [0.5, 0.6) is 0 Å². The number of aromatic nitrogens is 1. The fourth-order valence-corrected chi connectivity index (χ4v) is 4.95. The maximum Gasteiger partial charge on any atom is 0.235 e. The number of carbonyl (C=O) groups is 1. The van der Waals surface area contributed by atoms with Gasteiger partial charge < -0.3 is 5.73 Å². The standard InChI is InChI=1S/C25H23N5OS/c1-25(22-14-20(16-32-22)19-7-3-6-18(13-19)15-26)21(23(31)30(2)24(27)29-25)8-4-5-17-9-11-28-12-10-17/h3-7,9-14,16,21H,8H2,1-2H3,(H2,27,29)/b5-4+/t21?,25-/m0/s1. The molecule has 2 aromatic heterocycles. The number of nitrogens with zero attached hydrogens (tertiary/aromatic N) is 4. The highest BCUT2D eigenvalue weighted by molar-refractivity contribution is 7.10. The lowest BCUT2D eigenvalue weighted by molar-refractivity contribution is -0.133. The van der Waals surface area contributed by atoms with Gasteiger partial charge in [0.15, 0.2) is 5.96 Å². The van der Waals surface area contributed by atoms with Crippen molar-refractivity contribution >= 4 is 29.3 Å². The van der Waals surface area contributed by atoms with Crippen LogP contribution in [0, 0.1) is 17.2 Å². The molecule has 160 valence electrons. The molecule has 0 fully saturated rings. The number of hydrogen-bond acceptors (Lipinski definition) is 6. The van der Waals surface area contributed by atoms with Crippen LogP contribution in [0.25, 0.3) is 17.2 Å². The number of amides is 1. The van der Waals surface area contributed by atoms with Gasteiger partial charge in [0, 0.05) is 24.3 Å². The van der Waals surface area contributed by atoms with Crippen LogP contribution in [0.15, 0.2) is 71.3 Å². The first-order chi connectivity index (χ1) is 15.4. The van der Waals surface area contributed by atoms with Gasteiger partial charge in [-0.25, -0.2) is 4.99 Å². The predicted octanol–water partition coefficient (Wildman–Crippen LogP) is 4.40. The van der Waals surface area contributed by atoms with E-state index in [2.05, 4.69) is 17.1 Å². The lowest BCUT2D eigenvalue weighted by atomic mass is 9.79. The van der Waals surface area contributed by atoms with E-state index in [0.29, 0.717) is 12.0 Å². The second-order valence-corrected chi connectivity index (χ2v) is 8.79. The highest BCUT2D eigenvalue weighted by atomic mass is 32.1. The number of pyridine rings is 1. The molecular formula is C25H23N5OS. The lowest BCUT2D eigenvalue weighted by Crippen LogP contribution is -2.53. The Kier molecular flexibility index (Phi) is 5.89. The number of carbonyl (C=O) groups excluding carboxylic acids is 1. The Hall–Kier alpha value is -3.76. The smallest absolute Gasteiger partial charge is 0.235 e. The number of benzene rings is 1. The summed E-state index contributed by atoms with van der Waals surface area (Å²) < 4.78 is 0. The summed E-state index contributed by atoms with van der Waals surface area (Å²) in [7, 11) is 1.66. The van der Waals surface area contributed by atoms with Crippen molar-refractivity contribution in [3.05, 3.63) is 82.3 Å². The minimum Gasteiger partial charge on any atom is -0.369 e. The minimum absolute atomic E-state index is 0.0548. The van der Waals surface area contributed by atoms with Crippen LogP contribution in [0.3, 0.4) is 0 Å². The van der Waals surface area contributed by atoms with Gasteiger partial charge in [0.05, 0.1) is 17.6 Å². The second-order valence-electron chi connectivity index (χ2n) is 7.88. The third-order valence-electron chi connectivity index (χ3n) is 5.81. The third kappa shape index (κ3) is 4.05. The average molecular weight is 442 g/mol. The number of aliphatic imine (C=N–C) groups is 1. The summed E-state index contributed by atoms with van der Waals surface area (Å²) in [5.74, 6) is -0.232. The van der Waals surface area contributed by atoms with Crippen molar-refractivity contribution in [2.45, 2.75) is 18.9 Å². The molecule has 1 aliphatic heterocycles. The summed E-state index contributed by atoms with van der Waals surface area (Å²) in [6.07, 6.45) is 8.00. The molecule has 2 atom stereocenters. The molecule has 0 aliphatic carbocycles. The van der Waals surface area contributed by atoms with Gasteiger partial charge in [-0.1, -0.05) is 24.3 Å². The van der Waals surface area contributed by atoms with Gasteiger partial charge in [-0.05, 0) is 65.7 Å². The highest BCUT2D eigenvalue weighted by Crippen LogP contribution is 2.44. The van der Waals surface area contributed by atoms with Crippen molar-refractivity contribution < 1.29 is 4.79 Å². The van der Waals surface area contributed by atoms with Gasteiger partial charge in [0.25, 0.3) is 0 Å². The molecular weight excluding hydrogens is 418 g/mol. The zero-order chi connectivity index (χ0) is 22.7. The maximum absolute atomic E-state index is 13.2. The SMILES string of the molecule is CN1C(=O)C(C/C=C/c2ccncc2)[C@@](C)(c2cc(-c3cccc(C#N)c3)cs2)N=C1N. The Morgan fingerprint density at radius 3 is 2.78 bits per heavy atom. The third-order valence-corrected chi connectivity index (χ3v) is 6.97. The van der Waals surface area contributed by atoms with Crippen molar-refractivity contribution in [3.63, 3.8) is 0 Å². The molecule has 1 aromatic carbocycles. The van der Waals surface area contributed by atoms with Gasteiger partial charge in [-0.3, -0.25) is 14.7 Å². The van der Waals surface area contributed by atoms with E-state index in [1.807, 2.05) is 54.8 Å².